The van der Waals surface area contributed by atoms with E-state index >= 15 is 0 Å². The van der Waals surface area contributed by atoms with Crippen molar-refractivity contribution in [2.24, 2.45) is 0 Å². The minimum Gasteiger partial charge on any atom is -0.300 e. The van der Waals surface area contributed by atoms with E-state index < -0.39 is 0 Å². The van der Waals surface area contributed by atoms with E-state index in [2.05, 4.69) is 4.98 Å². The molecule has 0 aliphatic carbocycles. The summed E-state index contributed by atoms with van der Waals surface area (Å²) in [5, 5.41) is 0.386. The fraction of sp³-hybridized carbons (Fsp3) is 0.500. The average Bonchev–Trinajstić information content (AvgIpc) is 2.34. The van der Waals surface area contributed by atoms with E-state index in [-0.39, 0.29) is 17.6 Å². The van der Waals surface area contributed by atoms with Gasteiger partial charge in [0.1, 0.15) is 16.8 Å². The van der Waals surface area contributed by atoms with Gasteiger partial charge < -0.3 is 4.79 Å². The van der Waals surface area contributed by atoms with Crippen LogP contribution in [0.25, 0.3) is 0 Å². The molecule has 0 fully saturated rings. The lowest BCUT2D eigenvalue weighted by atomic mass is 9.88. The molecule has 4 nitrogen and oxygen atoms in total. The Balaban J connectivity index is 2.31. The molecule has 5 heteroatoms. The molecule has 0 radical (unpaired) electrons. The quantitative estimate of drug-likeness (QED) is 0.800. The van der Waals surface area contributed by atoms with Crippen LogP contribution in [0.15, 0.2) is 12.1 Å². The summed E-state index contributed by atoms with van der Waals surface area (Å²) in [6.07, 6.45) is 2.23. The highest BCUT2D eigenvalue weighted by Gasteiger charge is 2.28. The van der Waals surface area contributed by atoms with E-state index in [9.17, 15) is 9.59 Å². The summed E-state index contributed by atoms with van der Waals surface area (Å²) in [6.45, 7) is 3.77. The van der Waals surface area contributed by atoms with Crippen molar-refractivity contribution in [2.45, 2.75) is 39.0 Å². The molecule has 1 amide bonds. The number of carbonyl (C=O) groups excluding carboxylic acids is 2. The van der Waals surface area contributed by atoms with Gasteiger partial charge in [-0.2, -0.15) is 0 Å². The summed E-state index contributed by atoms with van der Waals surface area (Å²) in [4.78, 5) is 28.7. The van der Waals surface area contributed by atoms with Gasteiger partial charge in [0.15, 0.2) is 0 Å². The van der Waals surface area contributed by atoms with Crippen molar-refractivity contribution in [1.29, 1.82) is 0 Å². The van der Waals surface area contributed by atoms with E-state index in [0.29, 0.717) is 23.9 Å². The molecule has 0 saturated heterocycles. The number of pyridine rings is 1. The summed E-state index contributed by atoms with van der Waals surface area (Å²) in [5.41, 5.74) is 1.02. The molecular formula is C14H17ClN2O2. The standard InChI is InChI=1S/C14H17ClN2O2/c1-9(18)3-4-11-7-8-17(10(2)19)14-12(11)5-6-13(15)16-14/h5-6,11H,3-4,7-8H2,1-2H3. The Kier molecular flexibility index (Phi) is 4.20. The highest BCUT2D eigenvalue weighted by Crippen LogP contribution is 2.37. The van der Waals surface area contributed by atoms with Crippen LogP contribution in [0.5, 0.6) is 0 Å². The predicted molar refractivity (Wildman–Crippen MR) is 74.5 cm³/mol. The van der Waals surface area contributed by atoms with Gasteiger partial charge in [0.2, 0.25) is 5.91 Å². The normalized spacial score (nSPS) is 18.1. The fourth-order valence-corrected chi connectivity index (χ4v) is 2.64. The first-order valence-corrected chi connectivity index (χ1v) is 6.81. The van der Waals surface area contributed by atoms with Gasteiger partial charge in [-0.1, -0.05) is 17.7 Å². The Morgan fingerprint density at radius 3 is 2.79 bits per heavy atom. The molecular weight excluding hydrogens is 264 g/mol. The van der Waals surface area contributed by atoms with Crippen molar-refractivity contribution in [1.82, 2.24) is 4.98 Å². The SMILES string of the molecule is CC(=O)CCC1CCN(C(C)=O)c2nc(Cl)ccc21. The van der Waals surface area contributed by atoms with E-state index in [4.69, 9.17) is 11.6 Å². The zero-order chi connectivity index (χ0) is 14.0. The van der Waals surface area contributed by atoms with E-state index in [1.54, 1.807) is 17.9 Å². The minimum atomic E-state index is -0.0268. The number of hydrogen-bond donors (Lipinski definition) is 0. The molecule has 102 valence electrons. The van der Waals surface area contributed by atoms with Gasteiger partial charge in [-0.05, 0) is 37.3 Å². The number of hydrogen-bond acceptors (Lipinski definition) is 3. The number of ketones is 1. The van der Waals surface area contributed by atoms with Gasteiger partial charge in [0, 0.05) is 19.9 Å². The van der Waals surface area contributed by atoms with Crippen LogP contribution >= 0.6 is 11.6 Å². The van der Waals surface area contributed by atoms with Crippen LogP contribution in [0.1, 0.15) is 44.6 Å². The largest absolute Gasteiger partial charge is 0.300 e. The van der Waals surface area contributed by atoms with Gasteiger partial charge in [-0.25, -0.2) is 4.98 Å². The van der Waals surface area contributed by atoms with Gasteiger partial charge in [0.05, 0.1) is 0 Å². The Bertz CT molecular complexity index is 516. The third-order valence-electron chi connectivity index (χ3n) is 3.49. The molecule has 1 unspecified atom stereocenters. The summed E-state index contributed by atoms with van der Waals surface area (Å²) in [5.74, 6) is 1.09. The third-order valence-corrected chi connectivity index (χ3v) is 3.70. The molecule has 0 aromatic carbocycles. The fourth-order valence-electron chi connectivity index (χ4n) is 2.50. The zero-order valence-electron chi connectivity index (χ0n) is 11.1. The topological polar surface area (TPSA) is 50.3 Å². The average molecular weight is 281 g/mol. The van der Waals surface area contributed by atoms with Crippen molar-refractivity contribution < 1.29 is 9.59 Å². The molecule has 1 aliphatic heterocycles. The number of aromatic nitrogens is 1. The molecule has 2 rings (SSSR count). The molecule has 1 atom stereocenters. The second-order valence-corrected chi connectivity index (χ2v) is 5.33. The van der Waals surface area contributed by atoms with Crippen molar-refractivity contribution >= 4 is 29.1 Å². The molecule has 1 aromatic rings. The minimum absolute atomic E-state index is 0.0268. The van der Waals surface area contributed by atoms with Crippen LogP contribution in [0, 0.1) is 0 Å². The van der Waals surface area contributed by atoms with Crippen LogP contribution in [0.2, 0.25) is 5.15 Å². The molecule has 0 bridgehead atoms. The van der Waals surface area contributed by atoms with Crippen molar-refractivity contribution in [3.63, 3.8) is 0 Å². The highest BCUT2D eigenvalue weighted by atomic mass is 35.5. The Labute approximate surface area is 117 Å². The van der Waals surface area contributed by atoms with Gasteiger partial charge >= 0.3 is 0 Å². The molecule has 1 aliphatic rings. The van der Waals surface area contributed by atoms with Gasteiger partial charge in [0.25, 0.3) is 0 Å². The summed E-state index contributed by atoms with van der Waals surface area (Å²) in [6, 6.07) is 3.66. The van der Waals surface area contributed by atoms with Crippen molar-refractivity contribution in [3.8, 4) is 0 Å². The van der Waals surface area contributed by atoms with Crippen molar-refractivity contribution in [2.75, 3.05) is 11.4 Å². The predicted octanol–water partition coefficient (Wildman–Crippen LogP) is 2.94. The summed E-state index contributed by atoms with van der Waals surface area (Å²) >= 11 is 5.92. The highest BCUT2D eigenvalue weighted by molar-refractivity contribution is 6.29. The smallest absolute Gasteiger partial charge is 0.225 e. The molecule has 2 heterocycles. The molecule has 0 saturated carbocycles. The van der Waals surface area contributed by atoms with Crippen LogP contribution < -0.4 is 4.90 Å². The van der Waals surface area contributed by atoms with Crippen LogP contribution in [0.4, 0.5) is 5.82 Å². The number of halogens is 1. The van der Waals surface area contributed by atoms with Gasteiger partial charge in [-0.15, -0.1) is 0 Å². The zero-order valence-corrected chi connectivity index (χ0v) is 11.9. The maximum Gasteiger partial charge on any atom is 0.225 e. The monoisotopic (exact) mass is 280 g/mol. The second-order valence-electron chi connectivity index (χ2n) is 4.94. The molecule has 0 N–H and O–H groups in total. The van der Waals surface area contributed by atoms with E-state index in [1.165, 1.54) is 6.92 Å². The Hall–Kier alpha value is -1.42. The lowest BCUT2D eigenvalue weighted by molar-refractivity contribution is -0.118. The number of Topliss-reactive ketones (excluding diaryl/α,β-unsaturated/α-hetero) is 1. The molecule has 19 heavy (non-hydrogen) atoms. The summed E-state index contributed by atoms with van der Waals surface area (Å²) in [7, 11) is 0. The lowest BCUT2D eigenvalue weighted by Crippen LogP contribution is -2.36. The third kappa shape index (κ3) is 3.13. The first-order valence-electron chi connectivity index (χ1n) is 6.43. The number of amides is 1. The number of fused-ring (bicyclic) bond motifs is 1. The molecule has 0 spiro atoms. The lowest BCUT2D eigenvalue weighted by Gasteiger charge is -2.32. The number of anilines is 1. The number of nitrogens with zero attached hydrogens (tertiary/aromatic N) is 2. The number of carbonyl (C=O) groups is 2. The van der Waals surface area contributed by atoms with Crippen LogP contribution in [0.3, 0.4) is 0 Å². The Morgan fingerprint density at radius 1 is 1.42 bits per heavy atom. The maximum atomic E-state index is 11.6. The second kappa shape index (κ2) is 5.70. The van der Waals surface area contributed by atoms with E-state index in [0.717, 1.165) is 18.4 Å². The maximum absolute atomic E-state index is 11.6. The van der Waals surface area contributed by atoms with E-state index in [1.807, 2.05) is 6.07 Å². The first kappa shape index (κ1) is 14.0. The number of rotatable bonds is 3. The van der Waals surface area contributed by atoms with Gasteiger partial charge in [-0.3, -0.25) is 9.69 Å². The van der Waals surface area contributed by atoms with Crippen molar-refractivity contribution in [3.05, 3.63) is 22.8 Å². The molecule has 1 aromatic heterocycles. The van der Waals surface area contributed by atoms with Crippen LogP contribution in [-0.4, -0.2) is 23.2 Å². The summed E-state index contributed by atoms with van der Waals surface area (Å²) < 4.78 is 0. The Morgan fingerprint density at radius 2 is 2.16 bits per heavy atom. The first-order chi connectivity index (χ1) is 8.99. The van der Waals surface area contributed by atoms with Crippen LogP contribution in [-0.2, 0) is 9.59 Å².